The summed E-state index contributed by atoms with van der Waals surface area (Å²) in [6.45, 7) is 4.54. The van der Waals surface area contributed by atoms with E-state index in [4.69, 9.17) is 14.2 Å². The lowest BCUT2D eigenvalue weighted by Crippen LogP contribution is -2.30. The van der Waals surface area contributed by atoms with Crippen LogP contribution < -0.4 is 24.2 Å². The Kier molecular flexibility index (Phi) is 6.29. The molecule has 0 radical (unpaired) electrons. The van der Waals surface area contributed by atoms with Gasteiger partial charge in [0.2, 0.25) is 10.0 Å². The molecule has 29 heavy (non-hydrogen) atoms. The van der Waals surface area contributed by atoms with Gasteiger partial charge in [0.1, 0.15) is 10.6 Å². The van der Waals surface area contributed by atoms with Crippen LogP contribution >= 0.6 is 0 Å². The highest BCUT2D eigenvalue weighted by Gasteiger charge is 2.23. The third-order valence-electron chi connectivity index (χ3n) is 4.11. The van der Waals surface area contributed by atoms with Crippen molar-refractivity contribution < 1.29 is 27.4 Å². The van der Waals surface area contributed by atoms with Crippen molar-refractivity contribution in [1.82, 2.24) is 4.72 Å². The number of benzene rings is 2. The van der Waals surface area contributed by atoms with E-state index in [-0.39, 0.29) is 22.3 Å². The minimum atomic E-state index is -3.84. The summed E-state index contributed by atoms with van der Waals surface area (Å²) < 4.78 is 44.1. The number of carbonyl (C=O) groups excluding carboxylic acids is 1. The van der Waals surface area contributed by atoms with Crippen LogP contribution in [0, 0.1) is 0 Å². The van der Waals surface area contributed by atoms with Crippen molar-refractivity contribution in [2.75, 3.05) is 25.6 Å². The second kappa shape index (κ2) is 8.71. The number of hydrogen-bond acceptors (Lipinski definition) is 6. The zero-order chi connectivity index (χ0) is 21.0. The first-order valence-electron chi connectivity index (χ1n) is 9.21. The highest BCUT2D eigenvalue weighted by atomic mass is 32.2. The maximum absolute atomic E-state index is 12.7. The standard InChI is InChI=1S/C20H24N2O6S/c1-13(2)22-29(24,25)19-11-14(5-7-17(19)26-3)20(23)21-15-6-8-16-18(12-15)28-10-4-9-27-16/h5-8,11-13,22H,4,9-10H2,1-3H3,(H,21,23). The first-order chi connectivity index (χ1) is 13.8. The van der Waals surface area contributed by atoms with Crippen molar-refractivity contribution in [1.29, 1.82) is 0 Å². The van der Waals surface area contributed by atoms with Crippen LogP contribution in [-0.2, 0) is 10.0 Å². The average Bonchev–Trinajstić information content (AvgIpc) is 2.91. The molecule has 3 rings (SSSR count). The Bertz CT molecular complexity index is 1000. The van der Waals surface area contributed by atoms with Gasteiger partial charge in [0.15, 0.2) is 11.5 Å². The van der Waals surface area contributed by atoms with Gasteiger partial charge in [0.05, 0.1) is 20.3 Å². The molecule has 0 bridgehead atoms. The molecule has 0 unspecified atom stereocenters. The fourth-order valence-corrected chi connectivity index (χ4v) is 4.29. The van der Waals surface area contributed by atoms with E-state index in [1.165, 1.54) is 25.3 Å². The number of carbonyl (C=O) groups is 1. The highest BCUT2D eigenvalue weighted by Crippen LogP contribution is 2.32. The SMILES string of the molecule is COc1ccc(C(=O)Nc2ccc3c(c2)OCCCO3)cc1S(=O)(=O)NC(C)C. The third kappa shape index (κ3) is 4.99. The molecule has 0 aliphatic carbocycles. The van der Waals surface area contributed by atoms with Gasteiger partial charge >= 0.3 is 0 Å². The molecular weight excluding hydrogens is 396 g/mol. The topological polar surface area (TPSA) is 103 Å². The number of hydrogen-bond donors (Lipinski definition) is 2. The van der Waals surface area contributed by atoms with E-state index in [1.54, 1.807) is 32.0 Å². The molecule has 0 saturated heterocycles. The molecule has 0 fully saturated rings. The van der Waals surface area contributed by atoms with Crippen molar-refractivity contribution in [2.45, 2.75) is 31.2 Å². The van der Waals surface area contributed by atoms with Crippen LogP contribution in [0.4, 0.5) is 5.69 Å². The molecule has 2 aromatic rings. The molecule has 1 aliphatic rings. The average molecular weight is 420 g/mol. The molecule has 1 amide bonds. The Hall–Kier alpha value is -2.78. The molecule has 0 aromatic heterocycles. The number of rotatable bonds is 6. The van der Waals surface area contributed by atoms with E-state index in [0.29, 0.717) is 30.4 Å². The predicted octanol–water partition coefficient (Wildman–Crippen LogP) is 2.80. The minimum absolute atomic E-state index is 0.0972. The summed E-state index contributed by atoms with van der Waals surface area (Å²) in [6, 6.07) is 9.06. The van der Waals surface area contributed by atoms with Gasteiger partial charge in [-0.25, -0.2) is 13.1 Å². The van der Waals surface area contributed by atoms with Gasteiger partial charge < -0.3 is 19.5 Å². The van der Waals surface area contributed by atoms with Crippen molar-refractivity contribution >= 4 is 21.6 Å². The van der Waals surface area contributed by atoms with Gasteiger partial charge in [0, 0.05) is 29.8 Å². The maximum atomic E-state index is 12.7. The zero-order valence-electron chi connectivity index (χ0n) is 16.5. The first-order valence-corrected chi connectivity index (χ1v) is 10.7. The molecule has 9 heteroatoms. The van der Waals surface area contributed by atoms with E-state index in [0.717, 1.165) is 6.42 Å². The molecule has 0 atom stereocenters. The van der Waals surface area contributed by atoms with Crippen molar-refractivity contribution in [3.8, 4) is 17.2 Å². The van der Waals surface area contributed by atoms with Crippen molar-refractivity contribution in [3.63, 3.8) is 0 Å². The van der Waals surface area contributed by atoms with Crippen LogP contribution in [-0.4, -0.2) is 40.7 Å². The normalized spacial score (nSPS) is 13.7. The van der Waals surface area contributed by atoms with Crippen LogP contribution in [0.1, 0.15) is 30.6 Å². The van der Waals surface area contributed by atoms with Gasteiger partial charge in [-0.3, -0.25) is 4.79 Å². The van der Waals surface area contributed by atoms with Crippen LogP contribution in [0.2, 0.25) is 0 Å². The van der Waals surface area contributed by atoms with Crippen molar-refractivity contribution in [2.24, 2.45) is 0 Å². The van der Waals surface area contributed by atoms with Gasteiger partial charge in [-0.15, -0.1) is 0 Å². The van der Waals surface area contributed by atoms with E-state index in [9.17, 15) is 13.2 Å². The lowest BCUT2D eigenvalue weighted by molar-refractivity contribution is 0.102. The largest absolute Gasteiger partial charge is 0.495 e. The predicted molar refractivity (Wildman–Crippen MR) is 108 cm³/mol. The molecule has 0 saturated carbocycles. The van der Waals surface area contributed by atoms with E-state index >= 15 is 0 Å². The maximum Gasteiger partial charge on any atom is 0.255 e. The third-order valence-corrected chi connectivity index (χ3v) is 5.79. The number of sulfonamides is 1. The second-order valence-corrected chi connectivity index (χ2v) is 8.49. The Morgan fingerprint density at radius 2 is 1.79 bits per heavy atom. The summed E-state index contributed by atoms with van der Waals surface area (Å²) in [5, 5.41) is 2.76. The Labute approximate surface area is 170 Å². The number of ether oxygens (including phenoxy) is 3. The number of methoxy groups -OCH3 is 1. The van der Waals surface area contributed by atoms with Gasteiger partial charge in [-0.2, -0.15) is 0 Å². The van der Waals surface area contributed by atoms with E-state index < -0.39 is 15.9 Å². The lowest BCUT2D eigenvalue weighted by Gasteiger charge is -2.14. The number of anilines is 1. The van der Waals surface area contributed by atoms with Crippen molar-refractivity contribution in [3.05, 3.63) is 42.0 Å². The summed E-state index contributed by atoms with van der Waals surface area (Å²) in [4.78, 5) is 12.6. The monoisotopic (exact) mass is 420 g/mol. The van der Waals surface area contributed by atoms with Gasteiger partial charge in [-0.1, -0.05) is 0 Å². The molecule has 1 aliphatic heterocycles. The first kappa shape index (κ1) is 20.9. The van der Waals surface area contributed by atoms with Gasteiger partial charge in [-0.05, 0) is 44.2 Å². The minimum Gasteiger partial charge on any atom is -0.495 e. The summed E-state index contributed by atoms with van der Waals surface area (Å²) >= 11 is 0. The van der Waals surface area contributed by atoms with Crippen LogP contribution in [0.25, 0.3) is 0 Å². The molecule has 1 heterocycles. The molecule has 0 spiro atoms. The lowest BCUT2D eigenvalue weighted by atomic mass is 10.2. The molecule has 2 N–H and O–H groups in total. The van der Waals surface area contributed by atoms with Crippen LogP contribution in [0.3, 0.4) is 0 Å². The summed E-state index contributed by atoms with van der Waals surface area (Å²) in [5.74, 6) is 0.880. The summed E-state index contributed by atoms with van der Waals surface area (Å²) in [6.07, 6.45) is 0.782. The second-order valence-electron chi connectivity index (χ2n) is 6.81. The number of amides is 1. The quantitative estimate of drug-likeness (QED) is 0.745. The highest BCUT2D eigenvalue weighted by molar-refractivity contribution is 7.89. The number of nitrogens with one attached hydrogen (secondary N) is 2. The molecule has 156 valence electrons. The molecule has 2 aromatic carbocycles. The fraction of sp³-hybridized carbons (Fsp3) is 0.350. The Balaban J connectivity index is 1.86. The molecule has 8 nitrogen and oxygen atoms in total. The summed E-state index contributed by atoms with van der Waals surface area (Å²) in [5.41, 5.74) is 0.696. The van der Waals surface area contributed by atoms with E-state index in [2.05, 4.69) is 10.0 Å². The Morgan fingerprint density at radius 1 is 1.07 bits per heavy atom. The molecular formula is C20H24N2O6S. The number of fused-ring (bicyclic) bond motifs is 1. The summed E-state index contributed by atoms with van der Waals surface area (Å²) in [7, 11) is -2.46. The van der Waals surface area contributed by atoms with Crippen LogP contribution in [0.15, 0.2) is 41.3 Å². The van der Waals surface area contributed by atoms with E-state index in [1.807, 2.05) is 0 Å². The Morgan fingerprint density at radius 3 is 2.48 bits per heavy atom. The van der Waals surface area contributed by atoms with Crippen LogP contribution in [0.5, 0.6) is 17.2 Å². The smallest absolute Gasteiger partial charge is 0.255 e. The zero-order valence-corrected chi connectivity index (χ0v) is 17.3. The van der Waals surface area contributed by atoms with Gasteiger partial charge in [0.25, 0.3) is 5.91 Å². The fourth-order valence-electron chi connectivity index (χ4n) is 2.85.